The van der Waals surface area contributed by atoms with Crippen LogP contribution < -0.4 is 0 Å². The first-order valence-corrected chi connectivity index (χ1v) is 11.6. The molecule has 28 heavy (non-hydrogen) atoms. The number of hydrogen-bond acceptors (Lipinski definition) is 3. The third kappa shape index (κ3) is 3.05. The number of carboxylic acid groups (broad SMARTS) is 1. The number of carboxylic acids is 1. The van der Waals surface area contributed by atoms with Crippen LogP contribution in [-0.4, -0.2) is 28.1 Å². The highest BCUT2D eigenvalue weighted by Crippen LogP contribution is 2.67. The maximum atomic E-state index is 13.6. The third-order valence-electron chi connectivity index (χ3n) is 9.89. The van der Waals surface area contributed by atoms with Gasteiger partial charge in [-0.15, -0.1) is 0 Å². The van der Waals surface area contributed by atoms with Gasteiger partial charge in [-0.25, -0.2) is 0 Å². The molecule has 158 valence electrons. The Morgan fingerprint density at radius 3 is 2.61 bits per heavy atom. The summed E-state index contributed by atoms with van der Waals surface area (Å²) in [6.07, 6.45) is 8.85. The molecule has 0 aromatic carbocycles. The Bertz CT molecular complexity index is 645. The largest absolute Gasteiger partial charge is 0.481 e. The van der Waals surface area contributed by atoms with Crippen LogP contribution >= 0.6 is 0 Å². The van der Waals surface area contributed by atoms with Crippen molar-refractivity contribution in [2.24, 2.45) is 46.3 Å². The van der Waals surface area contributed by atoms with Crippen LogP contribution in [0.3, 0.4) is 0 Å². The van der Waals surface area contributed by atoms with Gasteiger partial charge in [0.25, 0.3) is 0 Å². The van der Waals surface area contributed by atoms with Gasteiger partial charge in [-0.2, -0.15) is 0 Å². The van der Waals surface area contributed by atoms with Crippen molar-refractivity contribution in [1.29, 1.82) is 0 Å². The summed E-state index contributed by atoms with van der Waals surface area (Å²) in [5, 5.41) is 19.3. The van der Waals surface area contributed by atoms with Gasteiger partial charge in [0.2, 0.25) is 0 Å². The number of hydrogen-bond donors (Lipinski definition) is 2. The quantitative estimate of drug-likeness (QED) is 0.730. The fourth-order valence-electron chi connectivity index (χ4n) is 8.57. The molecule has 0 radical (unpaired) electrons. The molecule has 4 heteroatoms. The van der Waals surface area contributed by atoms with Crippen molar-refractivity contribution in [1.82, 2.24) is 0 Å². The van der Waals surface area contributed by atoms with E-state index in [4.69, 9.17) is 5.11 Å². The Labute approximate surface area is 169 Å². The van der Waals surface area contributed by atoms with E-state index >= 15 is 0 Å². The van der Waals surface area contributed by atoms with E-state index < -0.39 is 5.97 Å². The Kier molecular flexibility index (Phi) is 5.17. The summed E-state index contributed by atoms with van der Waals surface area (Å²) in [5.41, 5.74) is 0.126. The lowest BCUT2D eigenvalue weighted by Gasteiger charge is -2.60. The van der Waals surface area contributed by atoms with Gasteiger partial charge >= 0.3 is 5.97 Å². The predicted octanol–water partition coefficient (Wildman–Crippen LogP) is 4.69. The smallest absolute Gasteiger partial charge is 0.303 e. The minimum Gasteiger partial charge on any atom is -0.481 e. The zero-order valence-electron chi connectivity index (χ0n) is 17.8. The number of aliphatic hydroxyl groups is 1. The molecule has 4 aliphatic rings. The van der Waals surface area contributed by atoms with Gasteiger partial charge in [0, 0.05) is 18.8 Å². The SMILES string of the molecule is C[C@H](CCC(=O)O)C1CCC2C3CC[C@@H]4C[C@H](O)CC[C@]4(C)C3C(=O)C[C@@]21C. The Morgan fingerprint density at radius 2 is 1.89 bits per heavy atom. The monoisotopic (exact) mass is 390 g/mol. The molecule has 9 atom stereocenters. The van der Waals surface area contributed by atoms with Crippen molar-refractivity contribution < 1.29 is 19.8 Å². The summed E-state index contributed by atoms with van der Waals surface area (Å²) in [6, 6.07) is 0. The van der Waals surface area contributed by atoms with E-state index in [2.05, 4.69) is 20.8 Å². The number of Topliss-reactive ketones (excluding diaryl/α,β-unsaturated/α-hetero) is 1. The van der Waals surface area contributed by atoms with Crippen LogP contribution in [0.15, 0.2) is 0 Å². The normalized spacial score (nSPS) is 49.1. The molecule has 4 nitrogen and oxygen atoms in total. The number of rotatable bonds is 4. The molecule has 4 rings (SSSR count). The van der Waals surface area contributed by atoms with Gasteiger partial charge in [-0.1, -0.05) is 20.8 Å². The number of ketones is 1. The zero-order chi connectivity index (χ0) is 20.3. The molecule has 0 amide bonds. The summed E-state index contributed by atoms with van der Waals surface area (Å²) < 4.78 is 0. The second-order valence-electron chi connectivity index (χ2n) is 11.2. The van der Waals surface area contributed by atoms with Gasteiger partial charge in [-0.05, 0) is 91.8 Å². The van der Waals surface area contributed by atoms with Crippen molar-refractivity contribution in [3.05, 3.63) is 0 Å². The predicted molar refractivity (Wildman–Crippen MR) is 108 cm³/mol. The number of fused-ring (bicyclic) bond motifs is 5. The first kappa shape index (κ1) is 20.4. The van der Waals surface area contributed by atoms with E-state index in [1.807, 2.05) is 0 Å². The van der Waals surface area contributed by atoms with Gasteiger partial charge in [-0.3, -0.25) is 9.59 Å². The lowest BCUT2D eigenvalue weighted by Crippen LogP contribution is -2.57. The van der Waals surface area contributed by atoms with E-state index in [-0.39, 0.29) is 29.3 Å². The molecular formula is C24H38O4. The molecule has 2 N–H and O–H groups in total. The second kappa shape index (κ2) is 7.11. The fourth-order valence-corrected chi connectivity index (χ4v) is 8.57. The molecule has 4 fully saturated rings. The van der Waals surface area contributed by atoms with Gasteiger partial charge < -0.3 is 10.2 Å². The van der Waals surface area contributed by atoms with E-state index in [0.717, 1.165) is 44.9 Å². The summed E-state index contributed by atoms with van der Waals surface area (Å²) in [5.74, 6) is 2.40. The van der Waals surface area contributed by atoms with Crippen molar-refractivity contribution >= 4 is 11.8 Å². The summed E-state index contributed by atoms with van der Waals surface area (Å²) >= 11 is 0. The standard InChI is InChI=1S/C24H38O4/c1-14(4-9-21(27)28)18-7-8-19-17-6-5-15-12-16(25)10-11-23(15,2)22(17)20(26)13-24(18,19)3/h14-19,22,25H,4-13H2,1-3H3,(H,27,28)/t14-,15-,16-,17?,18?,19?,22?,23+,24-/m1/s1. The molecule has 0 aliphatic heterocycles. The number of carbonyl (C=O) groups excluding carboxylic acids is 1. The molecule has 0 bridgehead atoms. The van der Waals surface area contributed by atoms with Crippen LogP contribution in [0.4, 0.5) is 0 Å². The van der Waals surface area contributed by atoms with E-state index in [1.54, 1.807) is 0 Å². The lowest BCUT2D eigenvalue weighted by molar-refractivity contribution is -0.162. The first-order valence-electron chi connectivity index (χ1n) is 11.6. The molecular weight excluding hydrogens is 352 g/mol. The van der Waals surface area contributed by atoms with Crippen molar-refractivity contribution in [2.75, 3.05) is 0 Å². The Hall–Kier alpha value is -0.900. The van der Waals surface area contributed by atoms with Gasteiger partial charge in [0.1, 0.15) is 5.78 Å². The molecule has 0 aromatic heterocycles. The first-order chi connectivity index (χ1) is 13.2. The highest BCUT2D eigenvalue weighted by Gasteiger charge is 2.63. The number of aliphatic hydroxyl groups excluding tert-OH is 1. The topological polar surface area (TPSA) is 74.6 Å². The molecule has 4 unspecified atom stereocenters. The maximum absolute atomic E-state index is 13.6. The van der Waals surface area contributed by atoms with E-state index in [0.29, 0.717) is 41.8 Å². The Balaban J connectivity index is 1.57. The molecule has 0 aromatic rings. The van der Waals surface area contributed by atoms with Crippen LogP contribution in [-0.2, 0) is 9.59 Å². The highest BCUT2D eigenvalue weighted by atomic mass is 16.4. The molecule has 0 heterocycles. The van der Waals surface area contributed by atoms with Crippen molar-refractivity contribution in [2.45, 2.75) is 91.1 Å². The Morgan fingerprint density at radius 1 is 1.14 bits per heavy atom. The van der Waals surface area contributed by atoms with Crippen LogP contribution in [0.1, 0.15) is 85.0 Å². The summed E-state index contributed by atoms with van der Waals surface area (Å²) in [4.78, 5) is 24.6. The third-order valence-corrected chi connectivity index (χ3v) is 9.89. The minimum absolute atomic E-state index is 0.0492. The molecule has 4 aliphatic carbocycles. The lowest BCUT2D eigenvalue weighted by atomic mass is 9.44. The molecule has 0 saturated heterocycles. The molecule has 0 spiro atoms. The van der Waals surface area contributed by atoms with Gasteiger partial charge in [0.15, 0.2) is 0 Å². The van der Waals surface area contributed by atoms with Gasteiger partial charge in [0.05, 0.1) is 6.10 Å². The highest BCUT2D eigenvalue weighted by molar-refractivity contribution is 5.84. The average molecular weight is 391 g/mol. The zero-order valence-corrected chi connectivity index (χ0v) is 17.8. The summed E-state index contributed by atoms with van der Waals surface area (Å²) in [6.45, 7) is 6.90. The summed E-state index contributed by atoms with van der Waals surface area (Å²) in [7, 11) is 0. The van der Waals surface area contributed by atoms with E-state index in [1.165, 1.54) is 6.42 Å². The van der Waals surface area contributed by atoms with E-state index in [9.17, 15) is 14.7 Å². The molecule has 4 saturated carbocycles. The van der Waals surface area contributed by atoms with Crippen molar-refractivity contribution in [3.8, 4) is 0 Å². The number of carbonyl (C=O) groups is 2. The minimum atomic E-state index is -0.711. The van der Waals surface area contributed by atoms with Crippen LogP contribution in [0, 0.1) is 46.3 Å². The van der Waals surface area contributed by atoms with Crippen LogP contribution in [0.25, 0.3) is 0 Å². The fraction of sp³-hybridized carbons (Fsp3) is 0.917. The second-order valence-corrected chi connectivity index (χ2v) is 11.2. The maximum Gasteiger partial charge on any atom is 0.303 e. The van der Waals surface area contributed by atoms with Crippen LogP contribution in [0.5, 0.6) is 0 Å². The number of aliphatic carboxylic acids is 1. The average Bonchev–Trinajstić information content (AvgIpc) is 2.96. The van der Waals surface area contributed by atoms with Crippen molar-refractivity contribution in [3.63, 3.8) is 0 Å². The van der Waals surface area contributed by atoms with Crippen LogP contribution in [0.2, 0.25) is 0 Å².